The molecule has 0 aliphatic rings. The van der Waals surface area contributed by atoms with Gasteiger partial charge >= 0.3 is 0 Å². The Hall–Kier alpha value is -0.820. The van der Waals surface area contributed by atoms with Gasteiger partial charge in [-0.1, -0.05) is 65.2 Å². The second-order valence-electron chi connectivity index (χ2n) is 5.74. The maximum atomic E-state index is 3.73. The zero-order chi connectivity index (χ0) is 14.8. The molecule has 1 heteroatoms. The van der Waals surface area contributed by atoms with Crippen molar-refractivity contribution in [3.63, 3.8) is 0 Å². The molecule has 1 atom stereocenters. The molecule has 0 aromatic heterocycles. The van der Waals surface area contributed by atoms with Gasteiger partial charge in [-0.05, 0) is 48.9 Å². The zero-order valence-electron chi connectivity index (χ0n) is 14.0. The minimum absolute atomic E-state index is 0.540. The summed E-state index contributed by atoms with van der Waals surface area (Å²) in [6.07, 6.45) is 8.74. The van der Waals surface area contributed by atoms with Gasteiger partial charge in [-0.15, -0.1) is 0 Å². The van der Waals surface area contributed by atoms with Crippen LogP contribution in [0.25, 0.3) is 0 Å². The second-order valence-corrected chi connectivity index (χ2v) is 5.74. The molecule has 0 saturated carbocycles. The molecule has 0 aliphatic heterocycles. The molecule has 1 aromatic rings. The number of nitrogens with one attached hydrogen (secondary N) is 1. The highest BCUT2D eigenvalue weighted by Crippen LogP contribution is 2.23. The minimum atomic E-state index is 0.540. The van der Waals surface area contributed by atoms with Crippen molar-refractivity contribution in [2.45, 2.75) is 78.7 Å². The average molecular weight is 275 g/mol. The van der Waals surface area contributed by atoms with Gasteiger partial charge < -0.3 is 5.32 Å². The molecule has 1 rings (SSSR count). The highest BCUT2D eigenvalue weighted by molar-refractivity contribution is 5.33. The largest absolute Gasteiger partial charge is 0.310 e. The van der Waals surface area contributed by atoms with Gasteiger partial charge in [0.15, 0.2) is 0 Å². The normalized spacial score (nSPS) is 12.6. The van der Waals surface area contributed by atoms with E-state index in [2.05, 4.69) is 51.2 Å². The van der Waals surface area contributed by atoms with Crippen LogP contribution in [0.15, 0.2) is 18.2 Å². The van der Waals surface area contributed by atoms with Crippen molar-refractivity contribution >= 4 is 0 Å². The monoisotopic (exact) mass is 275 g/mol. The zero-order valence-corrected chi connectivity index (χ0v) is 14.0. The molecular formula is C19H33N. The van der Waals surface area contributed by atoms with Gasteiger partial charge in [0.25, 0.3) is 0 Å². The summed E-state index contributed by atoms with van der Waals surface area (Å²) in [6, 6.07) is 7.67. The van der Waals surface area contributed by atoms with Gasteiger partial charge in [0.1, 0.15) is 0 Å². The summed E-state index contributed by atoms with van der Waals surface area (Å²) >= 11 is 0. The van der Waals surface area contributed by atoms with Gasteiger partial charge in [-0.3, -0.25) is 0 Å². The maximum Gasteiger partial charge on any atom is 0.0320 e. The van der Waals surface area contributed by atoms with E-state index < -0.39 is 0 Å². The summed E-state index contributed by atoms with van der Waals surface area (Å²) in [6.45, 7) is 10.2. The highest BCUT2D eigenvalue weighted by atomic mass is 14.9. The van der Waals surface area contributed by atoms with Crippen molar-refractivity contribution in [2.24, 2.45) is 0 Å². The van der Waals surface area contributed by atoms with Crippen molar-refractivity contribution in [1.82, 2.24) is 5.32 Å². The van der Waals surface area contributed by atoms with E-state index >= 15 is 0 Å². The molecule has 0 fully saturated rings. The van der Waals surface area contributed by atoms with Crippen LogP contribution in [-0.2, 0) is 12.8 Å². The quantitative estimate of drug-likeness (QED) is 0.561. The first-order valence-corrected chi connectivity index (χ1v) is 8.61. The number of aryl methyl sites for hydroxylation is 2. The fourth-order valence-corrected chi connectivity index (χ4v) is 2.84. The lowest BCUT2D eigenvalue weighted by Gasteiger charge is -2.20. The van der Waals surface area contributed by atoms with Crippen LogP contribution in [0.2, 0.25) is 0 Å². The van der Waals surface area contributed by atoms with E-state index in [0.717, 1.165) is 19.4 Å². The van der Waals surface area contributed by atoms with Crippen LogP contribution >= 0.6 is 0 Å². The number of benzene rings is 1. The maximum absolute atomic E-state index is 3.73. The topological polar surface area (TPSA) is 12.0 Å². The van der Waals surface area contributed by atoms with Crippen LogP contribution in [0.1, 0.15) is 82.5 Å². The van der Waals surface area contributed by atoms with E-state index in [4.69, 9.17) is 0 Å². The van der Waals surface area contributed by atoms with E-state index in [1.165, 1.54) is 48.8 Å². The molecule has 0 heterocycles. The van der Waals surface area contributed by atoms with Crippen molar-refractivity contribution in [1.29, 1.82) is 0 Å². The summed E-state index contributed by atoms with van der Waals surface area (Å²) in [4.78, 5) is 0. The Morgan fingerprint density at radius 1 is 0.900 bits per heavy atom. The molecule has 0 amide bonds. The molecule has 114 valence electrons. The van der Waals surface area contributed by atoms with Crippen LogP contribution in [0, 0.1) is 0 Å². The van der Waals surface area contributed by atoms with E-state index in [0.29, 0.717) is 6.04 Å². The fraction of sp³-hybridized carbons (Fsp3) is 0.684. The van der Waals surface area contributed by atoms with E-state index in [1.54, 1.807) is 0 Å². The van der Waals surface area contributed by atoms with E-state index in [9.17, 15) is 0 Å². The van der Waals surface area contributed by atoms with Crippen molar-refractivity contribution in [3.8, 4) is 0 Å². The van der Waals surface area contributed by atoms with Gasteiger partial charge in [0.2, 0.25) is 0 Å². The first-order valence-electron chi connectivity index (χ1n) is 8.61. The standard InChI is InChI=1S/C19H33N/c1-5-9-10-11-19(20-14-6-2)18-13-12-16(7-3)17(8-4)15-18/h12-13,15,19-20H,5-11,14H2,1-4H3. The Kier molecular flexibility index (Phi) is 8.60. The Bertz CT molecular complexity index is 370. The third kappa shape index (κ3) is 5.28. The molecule has 0 saturated heterocycles. The van der Waals surface area contributed by atoms with Crippen molar-refractivity contribution < 1.29 is 0 Å². The number of hydrogen-bond acceptors (Lipinski definition) is 1. The molecule has 1 nitrogen and oxygen atoms in total. The highest BCUT2D eigenvalue weighted by Gasteiger charge is 2.11. The summed E-state index contributed by atoms with van der Waals surface area (Å²) in [7, 11) is 0. The SMILES string of the molecule is CCCCCC(NCCC)c1ccc(CC)c(CC)c1. The summed E-state index contributed by atoms with van der Waals surface area (Å²) < 4.78 is 0. The van der Waals surface area contributed by atoms with Crippen LogP contribution in [-0.4, -0.2) is 6.54 Å². The Labute approximate surface area is 126 Å². The van der Waals surface area contributed by atoms with Gasteiger partial charge in [-0.25, -0.2) is 0 Å². The number of rotatable bonds is 10. The smallest absolute Gasteiger partial charge is 0.0320 e. The molecule has 0 spiro atoms. The predicted octanol–water partition coefficient (Wildman–Crippen LogP) is 5.43. The van der Waals surface area contributed by atoms with Crippen LogP contribution < -0.4 is 5.32 Å². The molecule has 20 heavy (non-hydrogen) atoms. The Balaban J connectivity index is 2.82. The van der Waals surface area contributed by atoms with Crippen LogP contribution in [0.4, 0.5) is 0 Å². The first kappa shape index (κ1) is 17.2. The average Bonchev–Trinajstić information content (AvgIpc) is 2.50. The molecule has 0 aliphatic carbocycles. The van der Waals surface area contributed by atoms with Crippen LogP contribution in [0.3, 0.4) is 0 Å². The fourth-order valence-electron chi connectivity index (χ4n) is 2.84. The van der Waals surface area contributed by atoms with Gasteiger partial charge in [0, 0.05) is 6.04 Å². The third-order valence-corrected chi connectivity index (χ3v) is 4.13. The molecule has 0 radical (unpaired) electrons. The Morgan fingerprint density at radius 2 is 1.65 bits per heavy atom. The van der Waals surface area contributed by atoms with Crippen LogP contribution in [0.5, 0.6) is 0 Å². The molecular weight excluding hydrogens is 242 g/mol. The van der Waals surface area contributed by atoms with Gasteiger partial charge in [0.05, 0.1) is 0 Å². The summed E-state index contributed by atoms with van der Waals surface area (Å²) in [5.41, 5.74) is 4.53. The van der Waals surface area contributed by atoms with E-state index in [-0.39, 0.29) is 0 Å². The van der Waals surface area contributed by atoms with Gasteiger partial charge in [-0.2, -0.15) is 0 Å². The minimum Gasteiger partial charge on any atom is -0.310 e. The second kappa shape index (κ2) is 9.99. The predicted molar refractivity (Wildman–Crippen MR) is 90.4 cm³/mol. The molecule has 0 bridgehead atoms. The lowest BCUT2D eigenvalue weighted by Crippen LogP contribution is -2.22. The number of unbranched alkanes of at least 4 members (excludes halogenated alkanes) is 2. The lowest BCUT2D eigenvalue weighted by atomic mass is 9.94. The summed E-state index contributed by atoms with van der Waals surface area (Å²) in [5, 5.41) is 3.73. The lowest BCUT2D eigenvalue weighted by molar-refractivity contribution is 0.474. The molecule has 1 unspecified atom stereocenters. The van der Waals surface area contributed by atoms with Crippen molar-refractivity contribution in [2.75, 3.05) is 6.54 Å². The summed E-state index contributed by atoms with van der Waals surface area (Å²) in [5.74, 6) is 0. The van der Waals surface area contributed by atoms with E-state index in [1.807, 2.05) is 0 Å². The number of hydrogen-bond donors (Lipinski definition) is 1. The Morgan fingerprint density at radius 3 is 2.25 bits per heavy atom. The molecule has 1 N–H and O–H groups in total. The molecule has 1 aromatic carbocycles. The van der Waals surface area contributed by atoms with Crippen molar-refractivity contribution in [3.05, 3.63) is 34.9 Å². The first-order chi connectivity index (χ1) is 9.76. The third-order valence-electron chi connectivity index (χ3n) is 4.13.